The van der Waals surface area contributed by atoms with Gasteiger partial charge in [0.1, 0.15) is 11.5 Å². The molecule has 0 amide bonds. The normalized spacial score (nSPS) is 11.3. The van der Waals surface area contributed by atoms with Crippen LogP contribution in [0.25, 0.3) is 10.9 Å². The molecule has 0 bridgehead atoms. The van der Waals surface area contributed by atoms with E-state index in [9.17, 15) is 17.9 Å². The van der Waals surface area contributed by atoms with Crippen LogP contribution in [-0.2, 0) is 15.8 Å². The number of ether oxygens (including phenoxy) is 2. The summed E-state index contributed by atoms with van der Waals surface area (Å²) in [7, 11) is -2.37. The number of hydrogen-bond donors (Lipinski definition) is 2. The maximum atomic E-state index is 14.6. The Bertz CT molecular complexity index is 1380. The summed E-state index contributed by atoms with van der Waals surface area (Å²) in [4.78, 5) is 4.22. The number of phenolic OH excluding ortho intramolecular Hbond substituents is 1. The van der Waals surface area contributed by atoms with E-state index in [1.807, 2.05) is 0 Å². The lowest BCUT2D eigenvalue weighted by molar-refractivity contribution is 0.374. The maximum absolute atomic E-state index is 14.6. The van der Waals surface area contributed by atoms with E-state index in [1.165, 1.54) is 31.5 Å². The molecule has 4 aromatic rings. The standard InChI is InChI=1S/C23H19FN2O5S/c1-30-23-13-20-17(12-21(23)27)22(9-10-25-20)31-16-7-8-19(18(24)11-16)26-32(28,29)14-15-5-3-2-4-6-15/h2-13,26-27H,14H2,1H3. The highest BCUT2D eigenvalue weighted by atomic mass is 32.2. The second kappa shape index (κ2) is 8.72. The molecule has 0 atom stereocenters. The number of nitrogens with one attached hydrogen (secondary N) is 1. The molecule has 0 aliphatic rings. The molecule has 0 radical (unpaired) electrons. The molecule has 0 saturated carbocycles. The molecule has 0 spiro atoms. The number of anilines is 1. The molecule has 32 heavy (non-hydrogen) atoms. The van der Waals surface area contributed by atoms with Gasteiger partial charge in [-0.25, -0.2) is 12.8 Å². The molecule has 0 unspecified atom stereocenters. The minimum Gasteiger partial charge on any atom is -0.504 e. The second-order valence-electron chi connectivity index (χ2n) is 6.94. The smallest absolute Gasteiger partial charge is 0.237 e. The number of benzene rings is 3. The molecule has 0 aliphatic carbocycles. The fourth-order valence-electron chi connectivity index (χ4n) is 3.16. The van der Waals surface area contributed by atoms with E-state index in [0.29, 0.717) is 22.2 Å². The summed E-state index contributed by atoms with van der Waals surface area (Å²) in [6, 6.07) is 17.0. The van der Waals surface area contributed by atoms with E-state index >= 15 is 0 Å². The Morgan fingerprint density at radius 2 is 1.81 bits per heavy atom. The summed E-state index contributed by atoms with van der Waals surface area (Å²) >= 11 is 0. The fraction of sp³-hybridized carbons (Fsp3) is 0.0870. The van der Waals surface area contributed by atoms with Gasteiger partial charge in [-0.1, -0.05) is 30.3 Å². The van der Waals surface area contributed by atoms with Crippen molar-refractivity contribution in [2.75, 3.05) is 11.8 Å². The van der Waals surface area contributed by atoms with Crippen LogP contribution in [0.4, 0.5) is 10.1 Å². The lowest BCUT2D eigenvalue weighted by Crippen LogP contribution is -2.16. The third kappa shape index (κ3) is 4.73. The lowest BCUT2D eigenvalue weighted by atomic mass is 10.2. The summed E-state index contributed by atoms with van der Waals surface area (Å²) in [5, 5.41) is 10.6. The minimum atomic E-state index is -3.80. The van der Waals surface area contributed by atoms with Crippen molar-refractivity contribution in [2.24, 2.45) is 0 Å². The highest BCUT2D eigenvalue weighted by Crippen LogP contribution is 2.36. The quantitative estimate of drug-likeness (QED) is 0.415. The van der Waals surface area contributed by atoms with Crippen LogP contribution in [0.5, 0.6) is 23.0 Å². The van der Waals surface area contributed by atoms with E-state index in [2.05, 4.69) is 9.71 Å². The molecule has 0 aliphatic heterocycles. The molecule has 4 rings (SSSR count). The van der Waals surface area contributed by atoms with Gasteiger partial charge in [-0.05, 0) is 29.8 Å². The Labute approximate surface area is 184 Å². The van der Waals surface area contributed by atoms with E-state index < -0.39 is 15.8 Å². The number of phenols is 1. The molecule has 1 aromatic heterocycles. The van der Waals surface area contributed by atoms with Gasteiger partial charge in [-0.3, -0.25) is 9.71 Å². The molecule has 3 aromatic carbocycles. The zero-order valence-electron chi connectivity index (χ0n) is 16.9. The van der Waals surface area contributed by atoms with Crippen molar-refractivity contribution in [3.63, 3.8) is 0 Å². The third-order valence-electron chi connectivity index (χ3n) is 4.64. The Kier molecular flexibility index (Phi) is 5.83. The summed E-state index contributed by atoms with van der Waals surface area (Å²) < 4.78 is 52.5. The summed E-state index contributed by atoms with van der Waals surface area (Å²) in [6.07, 6.45) is 1.51. The van der Waals surface area contributed by atoms with Crippen molar-refractivity contribution in [1.29, 1.82) is 0 Å². The van der Waals surface area contributed by atoms with Gasteiger partial charge < -0.3 is 14.6 Å². The van der Waals surface area contributed by atoms with E-state index in [0.717, 1.165) is 6.07 Å². The largest absolute Gasteiger partial charge is 0.504 e. The molecular formula is C23H19FN2O5S. The molecule has 2 N–H and O–H groups in total. The van der Waals surface area contributed by atoms with Crippen LogP contribution in [0.1, 0.15) is 5.56 Å². The molecule has 164 valence electrons. The maximum Gasteiger partial charge on any atom is 0.237 e. The number of methoxy groups -OCH3 is 1. The number of sulfonamides is 1. The Hall–Kier alpha value is -3.85. The SMILES string of the molecule is COc1cc2nccc(Oc3ccc(NS(=O)(=O)Cc4ccccc4)c(F)c3)c2cc1O. The number of pyridine rings is 1. The van der Waals surface area contributed by atoms with E-state index in [1.54, 1.807) is 42.5 Å². The summed E-state index contributed by atoms with van der Waals surface area (Å²) in [6.45, 7) is 0. The second-order valence-corrected chi connectivity index (χ2v) is 8.66. The van der Waals surface area contributed by atoms with Gasteiger partial charge in [-0.15, -0.1) is 0 Å². The summed E-state index contributed by atoms with van der Waals surface area (Å²) in [5.41, 5.74) is 0.919. The van der Waals surface area contributed by atoms with Gasteiger partial charge >= 0.3 is 0 Å². The van der Waals surface area contributed by atoms with Gasteiger partial charge in [0, 0.05) is 23.7 Å². The third-order valence-corrected chi connectivity index (χ3v) is 5.88. The van der Waals surface area contributed by atoms with Gasteiger partial charge in [0.2, 0.25) is 10.0 Å². The Morgan fingerprint density at radius 3 is 2.53 bits per heavy atom. The van der Waals surface area contributed by atoms with Crippen molar-refractivity contribution in [3.05, 3.63) is 84.3 Å². The highest BCUT2D eigenvalue weighted by molar-refractivity contribution is 7.91. The zero-order chi connectivity index (χ0) is 22.7. The van der Waals surface area contributed by atoms with Crippen molar-refractivity contribution >= 4 is 26.6 Å². The number of halogens is 1. The first-order valence-corrected chi connectivity index (χ1v) is 11.2. The van der Waals surface area contributed by atoms with Crippen LogP contribution in [0.2, 0.25) is 0 Å². The van der Waals surface area contributed by atoms with Gasteiger partial charge in [0.15, 0.2) is 17.3 Å². The number of aromatic nitrogens is 1. The van der Waals surface area contributed by atoms with Crippen molar-refractivity contribution in [2.45, 2.75) is 5.75 Å². The first kappa shape index (κ1) is 21.4. The molecule has 0 saturated heterocycles. The van der Waals surface area contributed by atoms with Gasteiger partial charge in [0.25, 0.3) is 0 Å². The first-order chi connectivity index (χ1) is 15.3. The predicted octanol–water partition coefficient (Wildman–Crippen LogP) is 4.82. The molecule has 7 nitrogen and oxygen atoms in total. The highest BCUT2D eigenvalue weighted by Gasteiger charge is 2.16. The van der Waals surface area contributed by atoms with Crippen LogP contribution >= 0.6 is 0 Å². The Morgan fingerprint density at radius 1 is 1.03 bits per heavy atom. The van der Waals surface area contributed by atoms with Crippen molar-refractivity contribution in [3.8, 4) is 23.0 Å². The van der Waals surface area contributed by atoms with Crippen LogP contribution in [0.15, 0.2) is 72.9 Å². The molecule has 9 heteroatoms. The van der Waals surface area contributed by atoms with Crippen molar-refractivity contribution in [1.82, 2.24) is 4.98 Å². The van der Waals surface area contributed by atoms with Gasteiger partial charge in [0.05, 0.1) is 24.1 Å². The van der Waals surface area contributed by atoms with Crippen LogP contribution < -0.4 is 14.2 Å². The van der Waals surface area contributed by atoms with Crippen LogP contribution in [0, 0.1) is 5.82 Å². The molecule has 0 fully saturated rings. The fourth-order valence-corrected chi connectivity index (χ4v) is 4.36. The number of nitrogens with zero attached hydrogens (tertiary/aromatic N) is 1. The zero-order valence-corrected chi connectivity index (χ0v) is 17.8. The first-order valence-electron chi connectivity index (χ1n) is 9.52. The van der Waals surface area contributed by atoms with Crippen molar-refractivity contribution < 1.29 is 27.4 Å². The summed E-state index contributed by atoms with van der Waals surface area (Å²) in [5.74, 6) is -0.405. The number of hydrogen-bond acceptors (Lipinski definition) is 6. The molecule has 1 heterocycles. The molecular weight excluding hydrogens is 435 g/mol. The van der Waals surface area contributed by atoms with Crippen LogP contribution in [-0.4, -0.2) is 25.6 Å². The Balaban J connectivity index is 1.56. The predicted molar refractivity (Wildman–Crippen MR) is 119 cm³/mol. The minimum absolute atomic E-state index is 0.0906. The number of aromatic hydroxyl groups is 1. The lowest BCUT2D eigenvalue weighted by Gasteiger charge is -2.12. The topological polar surface area (TPSA) is 97.8 Å². The average Bonchev–Trinajstić information content (AvgIpc) is 2.76. The monoisotopic (exact) mass is 454 g/mol. The van der Waals surface area contributed by atoms with E-state index in [4.69, 9.17) is 9.47 Å². The number of fused-ring (bicyclic) bond motifs is 1. The number of rotatable bonds is 7. The van der Waals surface area contributed by atoms with Crippen LogP contribution in [0.3, 0.4) is 0 Å². The average molecular weight is 454 g/mol. The van der Waals surface area contributed by atoms with E-state index in [-0.39, 0.29) is 28.7 Å². The van der Waals surface area contributed by atoms with Gasteiger partial charge in [-0.2, -0.15) is 0 Å².